The van der Waals surface area contributed by atoms with Crippen LogP contribution in [0.5, 0.6) is 0 Å². The first-order chi connectivity index (χ1) is 8.90. The first kappa shape index (κ1) is 13.3. The number of anilines is 1. The summed E-state index contributed by atoms with van der Waals surface area (Å²) in [5.41, 5.74) is 0.669. The highest BCUT2D eigenvalue weighted by atomic mass is 16.6. The maximum atomic E-state index is 10.9. The molecule has 0 radical (unpaired) electrons. The van der Waals surface area contributed by atoms with Crippen molar-refractivity contribution in [1.29, 1.82) is 0 Å². The number of hydrogen-bond donors (Lipinski definition) is 1. The second-order valence-corrected chi connectivity index (χ2v) is 4.84. The molecule has 1 fully saturated rings. The Hall–Kier alpha value is -2.18. The van der Waals surface area contributed by atoms with Crippen molar-refractivity contribution in [3.8, 4) is 0 Å². The van der Waals surface area contributed by atoms with Gasteiger partial charge < -0.3 is 10.0 Å². The number of rotatable bonds is 4. The average Bonchev–Trinajstić information content (AvgIpc) is 2.26. The van der Waals surface area contributed by atoms with Gasteiger partial charge in [-0.2, -0.15) is 0 Å². The summed E-state index contributed by atoms with van der Waals surface area (Å²) in [6.07, 6.45) is 0. The molecule has 19 heavy (non-hydrogen) atoms. The molecular weight excluding hydrogens is 250 g/mol. The van der Waals surface area contributed by atoms with E-state index in [9.17, 15) is 14.9 Å². The van der Waals surface area contributed by atoms with Gasteiger partial charge in [0.2, 0.25) is 5.82 Å². The third-order valence-electron chi connectivity index (χ3n) is 3.50. The van der Waals surface area contributed by atoms with Gasteiger partial charge in [0.25, 0.3) is 0 Å². The molecule has 2 rings (SSSR count). The van der Waals surface area contributed by atoms with Crippen molar-refractivity contribution in [3.63, 3.8) is 0 Å². The number of nitrogens with zero attached hydrogens (tertiary/aromatic N) is 3. The van der Waals surface area contributed by atoms with E-state index >= 15 is 0 Å². The molecule has 1 saturated heterocycles. The minimum absolute atomic E-state index is 0.0133. The van der Waals surface area contributed by atoms with Crippen molar-refractivity contribution in [3.05, 3.63) is 27.9 Å². The molecule has 0 aliphatic carbocycles. The summed E-state index contributed by atoms with van der Waals surface area (Å²) in [5.74, 6) is -0.935. The lowest BCUT2D eigenvalue weighted by atomic mass is 9.87. The van der Waals surface area contributed by atoms with Crippen LogP contribution in [0.25, 0.3) is 0 Å². The monoisotopic (exact) mass is 265 g/mol. The zero-order chi connectivity index (χ0) is 14.2. The van der Waals surface area contributed by atoms with Crippen LogP contribution in [0.15, 0.2) is 12.1 Å². The van der Waals surface area contributed by atoms with Crippen molar-refractivity contribution < 1.29 is 14.8 Å². The van der Waals surface area contributed by atoms with Crippen LogP contribution in [0.4, 0.5) is 11.5 Å². The fourth-order valence-corrected chi connectivity index (χ4v) is 2.11. The smallest absolute Gasteiger partial charge is 0.311 e. The highest BCUT2D eigenvalue weighted by molar-refractivity contribution is 5.71. The molecule has 1 aromatic rings. The molecule has 7 heteroatoms. The third kappa shape index (κ3) is 2.49. The van der Waals surface area contributed by atoms with E-state index in [-0.39, 0.29) is 11.6 Å². The van der Waals surface area contributed by atoms with Crippen molar-refractivity contribution >= 4 is 17.5 Å². The van der Waals surface area contributed by atoms with Gasteiger partial charge in [0, 0.05) is 30.8 Å². The van der Waals surface area contributed by atoms with E-state index in [1.807, 2.05) is 0 Å². The van der Waals surface area contributed by atoms with E-state index in [0.717, 1.165) is 0 Å². The van der Waals surface area contributed by atoms with E-state index in [1.165, 1.54) is 6.07 Å². The molecule has 1 aromatic heterocycles. The van der Waals surface area contributed by atoms with Gasteiger partial charge in [-0.05, 0) is 13.0 Å². The van der Waals surface area contributed by atoms with E-state index in [1.54, 1.807) is 24.8 Å². The normalized spacial score (nSPS) is 16.8. The number of carboxylic acids is 1. The molecule has 2 heterocycles. The summed E-state index contributed by atoms with van der Waals surface area (Å²) in [6.45, 7) is 4.41. The van der Waals surface area contributed by atoms with Gasteiger partial charge in [-0.25, -0.2) is 4.98 Å². The highest BCUT2D eigenvalue weighted by Crippen LogP contribution is 2.34. The molecule has 0 amide bonds. The van der Waals surface area contributed by atoms with E-state index in [0.29, 0.717) is 24.6 Å². The van der Waals surface area contributed by atoms with Gasteiger partial charge in [-0.15, -0.1) is 0 Å². The lowest BCUT2D eigenvalue weighted by Crippen LogP contribution is -2.51. The predicted molar refractivity (Wildman–Crippen MR) is 68.1 cm³/mol. The van der Waals surface area contributed by atoms with Crippen LogP contribution in [0.3, 0.4) is 0 Å². The zero-order valence-electron chi connectivity index (χ0n) is 10.7. The average molecular weight is 265 g/mol. The second-order valence-electron chi connectivity index (χ2n) is 4.84. The Morgan fingerprint density at radius 2 is 2.21 bits per heavy atom. The van der Waals surface area contributed by atoms with Crippen LogP contribution in [-0.2, 0) is 4.79 Å². The molecule has 1 atom stereocenters. The Morgan fingerprint density at radius 1 is 1.58 bits per heavy atom. The Balaban J connectivity index is 2.15. The van der Waals surface area contributed by atoms with Crippen molar-refractivity contribution in [2.24, 2.45) is 11.8 Å². The van der Waals surface area contributed by atoms with Crippen LogP contribution in [0.1, 0.15) is 12.6 Å². The number of hydrogen-bond acceptors (Lipinski definition) is 5. The summed E-state index contributed by atoms with van der Waals surface area (Å²) in [7, 11) is 0. The SMILES string of the molecule is Cc1ccc([N+](=O)[O-])c(N2CC(C(C)C(=O)O)C2)n1. The quantitative estimate of drug-likeness (QED) is 0.653. The summed E-state index contributed by atoms with van der Waals surface area (Å²) in [5, 5.41) is 19.9. The van der Waals surface area contributed by atoms with E-state index < -0.39 is 16.8 Å². The lowest BCUT2D eigenvalue weighted by Gasteiger charge is -2.41. The molecule has 1 aliphatic rings. The number of nitro groups is 1. The number of aromatic nitrogens is 1. The first-order valence-electron chi connectivity index (χ1n) is 6.00. The number of carboxylic acid groups (broad SMARTS) is 1. The molecule has 102 valence electrons. The Labute approximate surface area is 110 Å². The molecule has 0 spiro atoms. The molecule has 1 aliphatic heterocycles. The number of aliphatic carboxylic acids is 1. The first-order valence-corrected chi connectivity index (χ1v) is 6.00. The standard InChI is InChI=1S/C12H15N3O4/c1-7-3-4-10(15(18)19)11(13-7)14-5-9(6-14)8(2)12(16)17/h3-4,8-9H,5-6H2,1-2H3,(H,16,17). The molecule has 7 nitrogen and oxygen atoms in total. The molecule has 0 bridgehead atoms. The molecular formula is C12H15N3O4. The van der Waals surface area contributed by atoms with Crippen LogP contribution >= 0.6 is 0 Å². The largest absolute Gasteiger partial charge is 0.481 e. The van der Waals surface area contributed by atoms with Gasteiger partial charge in [0.15, 0.2) is 0 Å². The highest BCUT2D eigenvalue weighted by Gasteiger charge is 2.37. The van der Waals surface area contributed by atoms with Gasteiger partial charge in [-0.3, -0.25) is 14.9 Å². The maximum absolute atomic E-state index is 10.9. The van der Waals surface area contributed by atoms with Crippen LogP contribution < -0.4 is 4.90 Å². The van der Waals surface area contributed by atoms with Crippen molar-refractivity contribution in [1.82, 2.24) is 4.98 Å². The summed E-state index contributed by atoms with van der Waals surface area (Å²) in [4.78, 5) is 27.3. The van der Waals surface area contributed by atoms with E-state index in [4.69, 9.17) is 5.11 Å². The predicted octanol–water partition coefficient (Wildman–Crippen LogP) is 1.46. The van der Waals surface area contributed by atoms with Crippen LogP contribution in [-0.4, -0.2) is 34.1 Å². The van der Waals surface area contributed by atoms with Crippen LogP contribution in [0.2, 0.25) is 0 Å². The molecule has 0 saturated carbocycles. The van der Waals surface area contributed by atoms with Gasteiger partial charge >= 0.3 is 11.7 Å². The topological polar surface area (TPSA) is 96.6 Å². The fourth-order valence-electron chi connectivity index (χ4n) is 2.11. The second kappa shape index (κ2) is 4.83. The van der Waals surface area contributed by atoms with Gasteiger partial charge in [0.1, 0.15) is 0 Å². The number of pyridine rings is 1. The summed E-state index contributed by atoms with van der Waals surface area (Å²) < 4.78 is 0. The van der Waals surface area contributed by atoms with Gasteiger partial charge in [-0.1, -0.05) is 6.92 Å². The summed E-state index contributed by atoms with van der Waals surface area (Å²) >= 11 is 0. The number of aryl methyl sites for hydroxylation is 1. The maximum Gasteiger partial charge on any atom is 0.311 e. The Morgan fingerprint density at radius 3 is 2.74 bits per heavy atom. The minimum atomic E-state index is -0.837. The summed E-state index contributed by atoms with van der Waals surface area (Å²) in [6, 6.07) is 3.03. The Bertz CT molecular complexity index is 526. The van der Waals surface area contributed by atoms with E-state index in [2.05, 4.69) is 4.98 Å². The lowest BCUT2D eigenvalue weighted by molar-refractivity contribution is -0.384. The van der Waals surface area contributed by atoms with Gasteiger partial charge in [0.05, 0.1) is 10.8 Å². The van der Waals surface area contributed by atoms with Crippen LogP contribution in [0, 0.1) is 28.9 Å². The molecule has 0 aromatic carbocycles. The Kier molecular flexibility index (Phi) is 3.37. The zero-order valence-corrected chi connectivity index (χ0v) is 10.7. The number of carbonyl (C=O) groups is 1. The molecule has 1 unspecified atom stereocenters. The fraction of sp³-hybridized carbons (Fsp3) is 0.500. The van der Waals surface area contributed by atoms with Crippen molar-refractivity contribution in [2.75, 3.05) is 18.0 Å². The third-order valence-corrected chi connectivity index (χ3v) is 3.50. The minimum Gasteiger partial charge on any atom is -0.481 e. The molecule has 1 N–H and O–H groups in total. The van der Waals surface area contributed by atoms with Crippen molar-refractivity contribution in [2.45, 2.75) is 13.8 Å².